The van der Waals surface area contributed by atoms with Crippen LogP contribution in [-0.4, -0.2) is 58.1 Å². The van der Waals surface area contributed by atoms with Crippen molar-refractivity contribution in [1.82, 2.24) is 9.97 Å². The maximum atomic E-state index is 10.6. The van der Waals surface area contributed by atoms with E-state index in [1.165, 1.54) is 40.8 Å². The standard InChI is InChI=1S/C17H10NSe2.C11H9NO3S.Ir/c1-2-9-15-14(8-1)19-16-10-5-6-12(17(16)20-15)13-7-3-4-11-18-13;1-15-10-4-8(6-16-10)7-2-3-9(11(13)14)12-5-7;/h1-5,7-11H;2-6H,1H3,(H,13,14);/q-1;;. The average Bonchev–Trinajstić information content (AvgIpc) is 3.42. The first-order chi connectivity index (χ1) is 17.6. The molecule has 3 aromatic heterocycles. The number of carboxylic acids is 1. The van der Waals surface area contributed by atoms with Gasteiger partial charge in [0.15, 0.2) is 5.06 Å². The van der Waals surface area contributed by atoms with Crippen LogP contribution in [0.2, 0.25) is 0 Å². The molecule has 37 heavy (non-hydrogen) atoms. The van der Waals surface area contributed by atoms with Gasteiger partial charge in [-0.05, 0) is 17.7 Å². The molecule has 1 aliphatic rings. The molecule has 4 heterocycles. The fraction of sp³-hybridized carbons (Fsp3) is 0.0357. The van der Waals surface area contributed by atoms with E-state index in [-0.39, 0.29) is 25.8 Å². The van der Waals surface area contributed by atoms with E-state index in [4.69, 9.17) is 9.84 Å². The van der Waals surface area contributed by atoms with Crippen LogP contribution in [0, 0.1) is 6.07 Å². The normalized spacial score (nSPS) is 11.2. The van der Waals surface area contributed by atoms with Gasteiger partial charge in [0.05, 0.1) is 7.11 Å². The summed E-state index contributed by atoms with van der Waals surface area (Å²) in [5.74, 6) is -1.02. The second-order valence-electron chi connectivity index (χ2n) is 7.51. The molecule has 0 bridgehead atoms. The van der Waals surface area contributed by atoms with Crippen LogP contribution in [-0.2, 0) is 20.1 Å². The molecule has 5 nitrogen and oxygen atoms in total. The van der Waals surface area contributed by atoms with Crippen LogP contribution >= 0.6 is 11.3 Å². The minimum absolute atomic E-state index is 0. The van der Waals surface area contributed by atoms with Gasteiger partial charge in [-0.1, -0.05) is 6.07 Å². The molecule has 0 saturated carbocycles. The SMILES string of the molecule is COc1cc(-c2ccc(C(=O)O)nc2)cs1.[Ir].[c-]1ccc2c(c1-c1ccccn1)[Se]c1ccccc1[Se]2. The third kappa shape index (κ3) is 6.46. The molecular weight excluding hydrogens is 795 g/mol. The third-order valence-electron chi connectivity index (χ3n) is 5.21. The zero-order chi connectivity index (χ0) is 24.9. The number of hydrogen-bond donors (Lipinski definition) is 1. The van der Waals surface area contributed by atoms with Crippen LogP contribution in [0.5, 0.6) is 5.06 Å². The van der Waals surface area contributed by atoms with E-state index >= 15 is 0 Å². The van der Waals surface area contributed by atoms with E-state index in [2.05, 4.69) is 58.5 Å². The number of carbonyl (C=O) groups is 1. The number of aromatic nitrogens is 2. The number of benzene rings is 2. The molecule has 0 fully saturated rings. The Labute approximate surface area is 245 Å². The Morgan fingerprint density at radius 2 is 1.73 bits per heavy atom. The molecule has 6 rings (SSSR count). The number of pyridine rings is 2. The molecule has 1 aliphatic heterocycles. The molecule has 0 unspecified atom stereocenters. The molecule has 1 radical (unpaired) electrons. The van der Waals surface area contributed by atoms with Gasteiger partial charge in [-0.2, -0.15) is 0 Å². The second-order valence-corrected chi connectivity index (χ2v) is 12.9. The molecule has 2 aromatic carbocycles. The number of thiophene rings is 1. The van der Waals surface area contributed by atoms with Crippen molar-refractivity contribution in [2.24, 2.45) is 0 Å². The summed E-state index contributed by atoms with van der Waals surface area (Å²) in [6.07, 6.45) is 3.41. The Kier molecular flexibility index (Phi) is 9.47. The number of carboxylic acid groups (broad SMARTS) is 1. The molecule has 0 saturated heterocycles. The Morgan fingerprint density at radius 3 is 2.38 bits per heavy atom. The van der Waals surface area contributed by atoms with E-state index in [1.807, 2.05) is 29.8 Å². The van der Waals surface area contributed by atoms with Crippen molar-refractivity contribution in [2.75, 3.05) is 7.11 Å². The number of hydrogen-bond acceptors (Lipinski definition) is 5. The summed E-state index contributed by atoms with van der Waals surface area (Å²) < 4.78 is 11.1. The van der Waals surface area contributed by atoms with Crippen LogP contribution in [0.15, 0.2) is 90.6 Å². The van der Waals surface area contributed by atoms with Gasteiger partial charge in [-0.3, -0.25) is 0 Å². The molecule has 0 spiro atoms. The monoisotopic (exact) mass is 816 g/mol. The third-order valence-corrected chi connectivity index (χ3v) is 12.3. The van der Waals surface area contributed by atoms with Gasteiger partial charge in [0.2, 0.25) is 0 Å². The number of aromatic carboxylic acids is 1. The van der Waals surface area contributed by atoms with Crippen molar-refractivity contribution >= 4 is 65.1 Å². The second kappa shape index (κ2) is 12.8. The minimum atomic E-state index is -1.02. The number of nitrogens with zero attached hydrogens (tertiary/aromatic N) is 2. The fourth-order valence-electron chi connectivity index (χ4n) is 3.46. The number of methoxy groups -OCH3 is 1. The molecule has 0 atom stereocenters. The summed E-state index contributed by atoms with van der Waals surface area (Å²) in [7, 11) is 1.61. The van der Waals surface area contributed by atoms with Gasteiger partial charge in [-0.15, -0.1) is 11.3 Å². The van der Waals surface area contributed by atoms with Crippen molar-refractivity contribution in [3.8, 4) is 27.4 Å². The van der Waals surface area contributed by atoms with E-state index in [0.29, 0.717) is 29.9 Å². The summed E-state index contributed by atoms with van der Waals surface area (Å²) in [5, 5.41) is 11.5. The summed E-state index contributed by atoms with van der Waals surface area (Å²) in [6.45, 7) is 0. The number of fused-ring (bicyclic) bond motifs is 2. The van der Waals surface area contributed by atoms with Crippen molar-refractivity contribution in [3.63, 3.8) is 0 Å². The van der Waals surface area contributed by atoms with Gasteiger partial charge in [0.1, 0.15) is 5.69 Å². The van der Waals surface area contributed by atoms with Gasteiger partial charge >= 0.3 is 137 Å². The van der Waals surface area contributed by atoms with Gasteiger partial charge in [0.25, 0.3) is 0 Å². The Morgan fingerprint density at radius 1 is 0.946 bits per heavy atom. The van der Waals surface area contributed by atoms with Crippen LogP contribution in [0.1, 0.15) is 10.5 Å². The quantitative estimate of drug-likeness (QED) is 0.219. The van der Waals surface area contributed by atoms with Crippen LogP contribution in [0.3, 0.4) is 0 Å². The van der Waals surface area contributed by atoms with E-state index < -0.39 is 5.97 Å². The topological polar surface area (TPSA) is 72.3 Å². The molecule has 187 valence electrons. The maximum absolute atomic E-state index is 10.6. The van der Waals surface area contributed by atoms with Crippen molar-refractivity contribution in [1.29, 1.82) is 0 Å². The van der Waals surface area contributed by atoms with Crippen LogP contribution < -0.4 is 22.6 Å². The number of ether oxygens (including phenoxy) is 1. The Hall–Kier alpha value is -2.60. The molecule has 9 heteroatoms. The Balaban J connectivity index is 0.000000173. The molecular formula is C28H19IrN2O3SSe2-. The van der Waals surface area contributed by atoms with Gasteiger partial charge in [0, 0.05) is 37.2 Å². The van der Waals surface area contributed by atoms with Crippen LogP contribution in [0.25, 0.3) is 22.4 Å². The van der Waals surface area contributed by atoms with Crippen LogP contribution in [0.4, 0.5) is 0 Å². The molecule has 0 aliphatic carbocycles. The van der Waals surface area contributed by atoms with E-state index in [1.54, 1.807) is 19.4 Å². The first-order valence-corrected chi connectivity index (χ1v) is 15.2. The van der Waals surface area contributed by atoms with Crippen molar-refractivity contribution in [2.45, 2.75) is 0 Å². The summed E-state index contributed by atoms with van der Waals surface area (Å²) in [4.78, 5) is 19.0. The predicted molar refractivity (Wildman–Crippen MR) is 146 cm³/mol. The Bertz CT molecular complexity index is 1510. The molecule has 5 aromatic rings. The summed E-state index contributed by atoms with van der Waals surface area (Å²) in [6, 6.07) is 27.7. The van der Waals surface area contributed by atoms with Gasteiger partial charge < -0.3 is 9.84 Å². The first kappa shape index (κ1) is 27.4. The zero-order valence-corrected chi connectivity index (χ0v) is 26.0. The van der Waals surface area contributed by atoms with Crippen molar-refractivity contribution < 1.29 is 34.7 Å². The fourth-order valence-corrected chi connectivity index (χ4v) is 9.90. The molecule has 1 N–H and O–H groups in total. The van der Waals surface area contributed by atoms with Gasteiger partial charge in [-0.25, -0.2) is 9.78 Å². The molecule has 0 amide bonds. The summed E-state index contributed by atoms with van der Waals surface area (Å²) >= 11 is 2.25. The first-order valence-electron chi connectivity index (χ1n) is 10.9. The average molecular weight is 814 g/mol. The summed E-state index contributed by atoms with van der Waals surface area (Å²) in [5.41, 5.74) is 4.14. The van der Waals surface area contributed by atoms with Crippen molar-refractivity contribution in [3.05, 3.63) is 102 Å². The zero-order valence-electron chi connectivity index (χ0n) is 19.4. The van der Waals surface area contributed by atoms with E-state index in [0.717, 1.165) is 21.9 Å². The van der Waals surface area contributed by atoms with E-state index in [9.17, 15) is 4.79 Å². The predicted octanol–water partition coefficient (Wildman–Crippen LogP) is 2.69. The number of rotatable bonds is 4.